The fourth-order valence-electron chi connectivity index (χ4n) is 3.53. The highest BCUT2D eigenvalue weighted by molar-refractivity contribution is 5.86. The zero-order valence-corrected chi connectivity index (χ0v) is 14.3. The summed E-state index contributed by atoms with van der Waals surface area (Å²) in [5, 5.41) is 0. The van der Waals surface area contributed by atoms with Gasteiger partial charge in [-0.3, -0.25) is 4.90 Å². The molecule has 2 aromatic heterocycles. The summed E-state index contributed by atoms with van der Waals surface area (Å²) < 4.78 is 12.3. The predicted molar refractivity (Wildman–Crippen MR) is 90.9 cm³/mol. The first-order chi connectivity index (χ1) is 12.2. The highest BCUT2D eigenvalue weighted by Gasteiger charge is 2.31. The molecule has 1 fully saturated rings. The van der Waals surface area contributed by atoms with Gasteiger partial charge in [0, 0.05) is 7.05 Å². The number of carbonyl (C=O) groups excluding carboxylic acids is 1. The van der Waals surface area contributed by atoms with Gasteiger partial charge in [-0.2, -0.15) is 0 Å². The lowest BCUT2D eigenvalue weighted by atomic mass is 10.2. The summed E-state index contributed by atoms with van der Waals surface area (Å²) in [6.07, 6.45) is 3.49. The maximum absolute atomic E-state index is 11.5. The molecule has 1 atom stereocenters. The summed E-state index contributed by atoms with van der Waals surface area (Å²) in [5.41, 5.74) is 2.35. The van der Waals surface area contributed by atoms with Crippen LogP contribution in [0.4, 0.5) is 0 Å². The van der Waals surface area contributed by atoms with Gasteiger partial charge in [-0.1, -0.05) is 12.1 Å². The highest BCUT2D eigenvalue weighted by atomic mass is 16.5. The molecule has 3 aromatic rings. The minimum atomic E-state index is -0.483. The first-order valence-corrected chi connectivity index (χ1v) is 8.35. The van der Waals surface area contributed by atoms with Crippen LogP contribution in [0.25, 0.3) is 11.0 Å². The summed E-state index contributed by atoms with van der Waals surface area (Å²) >= 11 is 0. The van der Waals surface area contributed by atoms with E-state index < -0.39 is 5.97 Å². The average molecular weight is 340 g/mol. The number of para-hydroxylation sites is 2. The summed E-state index contributed by atoms with van der Waals surface area (Å²) in [6.45, 7) is 1.49. The van der Waals surface area contributed by atoms with Gasteiger partial charge in [-0.25, -0.2) is 14.8 Å². The molecule has 0 aliphatic carbocycles. The number of aromatic nitrogens is 3. The zero-order valence-electron chi connectivity index (χ0n) is 14.3. The first kappa shape index (κ1) is 15.8. The largest absolute Gasteiger partial charge is 0.464 e. The number of hydrogen-bond donors (Lipinski definition) is 0. The van der Waals surface area contributed by atoms with Gasteiger partial charge in [0.2, 0.25) is 5.89 Å². The SMILES string of the molecule is COC(=O)c1coc(CN2CCC[C@@H]2c2nc3ccccc3n2C)n1. The van der Waals surface area contributed by atoms with Crippen molar-refractivity contribution in [2.24, 2.45) is 7.05 Å². The third kappa shape index (κ3) is 2.80. The van der Waals surface area contributed by atoms with Crippen LogP contribution in [0.2, 0.25) is 0 Å². The number of ether oxygens (including phenoxy) is 1. The minimum absolute atomic E-state index is 0.205. The van der Waals surface area contributed by atoms with E-state index in [-0.39, 0.29) is 11.7 Å². The van der Waals surface area contributed by atoms with E-state index in [0.717, 1.165) is 36.2 Å². The number of esters is 1. The Balaban J connectivity index is 1.58. The van der Waals surface area contributed by atoms with Crippen molar-refractivity contribution in [1.82, 2.24) is 19.4 Å². The normalized spacial score (nSPS) is 18.1. The Morgan fingerprint density at radius 3 is 3.00 bits per heavy atom. The van der Waals surface area contributed by atoms with Gasteiger partial charge in [0.05, 0.1) is 30.7 Å². The quantitative estimate of drug-likeness (QED) is 0.680. The van der Waals surface area contributed by atoms with Crippen molar-refractivity contribution in [1.29, 1.82) is 0 Å². The molecule has 3 heterocycles. The number of carbonyl (C=O) groups is 1. The molecule has 0 radical (unpaired) electrons. The number of likely N-dealkylation sites (tertiary alicyclic amines) is 1. The van der Waals surface area contributed by atoms with Crippen molar-refractivity contribution < 1.29 is 13.9 Å². The molecular formula is C18H20N4O3. The lowest BCUT2D eigenvalue weighted by Crippen LogP contribution is -2.25. The Hall–Kier alpha value is -2.67. The maximum atomic E-state index is 11.5. The van der Waals surface area contributed by atoms with E-state index in [1.165, 1.54) is 13.4 Å². The molecule has 1 saturated heterocycles. The van der Waals surface area contributed by atoms with Gasteiger partial charge in [0.1, 0.15) is 12.1 Å². The number of imidazole rings is 1. The molecular weight excluding hydrogens is 320 g/mol. The Morgan fingerprint density at radius 2 is 2.20 bits per heavy atom. The summed E-state index contributed by atoms with van der Waals surface area (Å²) in [4.78, 5) is 22.9. The average Bonchev–Trinajstić information content (AvgIpc) is 3.35. The summed E-state index contributed by atoms with van der Waals surface area (Å²) in [6, 6.07) is 8.37. The van der Waals surface area contributed by atoms with Crippen LogP contribution in [0.5, 0.6) is 0 Å². The van der Waals surface area contributed by atoms with Gasteiger partial charge in [-0.15, -0.1) is 0 Å². The highest BCUT2D eigenvalue weighted by Crippen LogP contribution is 2.33. The van der Waals surface area contributed by atoms with Crippen molar-refractivity contribution >= 4 is 17.0 Å². The lowest BCUT2D eigenvalue weighted by Gasteiger charge is -2.22. The Kier molecular flexibility index (Phi) is 4.01. The molecule has 1 aromatic carbocycles. The number of nitrogens with zero attached hydrogens (tertiary/aromatic N) is 4. The second-order valence-electron chi connectivity index (χ2n) is 6.26. The van der Waals surface area contributed by atoms with Gasteiger partial charge in [-0.05, 0) is 31.5 Å². The summed E-state index contributed by atoms with van der Waals surface area (Å²) in [7, 11) is 3.39. The number of oxazole rings is 1. The lowest BCUT2D eigenvalue weighted by molar-refractivity contribution is 0.0594. The number of methoxy groups -OCH3 is 1. The molecule has 7 nitrogen and oxygen atoms in total. The van der Waals surface area contributed by atoms with E-state index in [9.17, 15) is 4.79 Å². The molecule has 7 heteroatoms. The smallest absolute Gasteiger partial charge is 0.360 e. The minimum Gasteiger partial charge on any atom is -0.464 e. The number of fused-ring (bicyclic) bond motifs is 1. The van der Waals surface area contributed by atoms with Crippen LogP contribution < -0.4 is 0 Å². The first-order valence-electron chi connectivity index (χ1n) is 8.35. The van der Waals surface area contributed by atoms with E-state index in [4.69, 9.17) is 9.40 Å². The maximum Gasteiger partial charge on any atom is 0.360 e. The number of hydrogen-bond acceptors (Lipinski definition) is 6. The standard InChI is InChI=1S/C18H20N4O3/c1-21-14-7-4-3-6-12(14)20-17(21)15-8-5-9-22(15)10-16-19-13(11-25-16)18(23)24-2/h3-4,6-7,11,15H,5,8-10H2,1-2H3/t15-/m1/s1. The Morgan fingerprint density at radius 1 is 1.36 bits per heavy atom. The van der Waals surface area contributed by atoms with E-state index in [2.05, 4.69) is 32.3 Å². The van der Waals surface area contributed by atoms with Crippen molar-refractivity contribution in [3.63, 3.8) is 0 Å². The van der Waals surface area contributed by atoms with Crippen LogP contribution in [0.1, 0.15) is 41.1 Å². The Bertz CT molecular complexity index is 914. The molecule has 0 unspecified atom stereocenters. The second kappa shape index (κ2) is 6.33. The van der Waals surface area contributed by atoms with Crippen molar-refractivity contribution in [2.45, 2.75) is 25.4 Å². The van der Waals surface area contributed by atoms with Crippen LogP contribution >= 0.6 is 0 Å². The molecule has 0 spiro atoms. The molecule has 1 aliphatic rings. The van der Waals surface area contributed by atoms with E-state index in [1.807, 2.05) is 18.2 Å². The topological polar surface area (TPSA) is 73.4 Å². The van der Waals surface area contributed by atoms with Gasteiger partial charge in [0.15, 0.2) is 5.69 Å². The Labute approximate surface area is 145 Å². The predicted octanol–water partition coefficient (Wildman–Crippen LogP) is 2.69. The van der Waals surface area contributed by atoms with Crippen LogP contribution in [0.15, 0.2) is 34.9 Å². The van der Waals surface area contributed by atoms with Gasteiger partial charge in [0.25, 0.3) is 0 Å². The molecule has 0 bridgehead atoms. The van der Waals surface area contributed by atoms with E-state index in [0.29, 0.717) is 12.4 Å². The fourth-order valence-corrected chi connectivity index (χ4v) is 3.53. The van der Waals surface area contributed by atoms with Crippen molar-refractivity contribution in [3.05, 3.63) is 47.9 Å². The molecule has 0 saturated carbocycles. The molecule has 1 aliphatic heterocycles. The van der Waals surface area contributed by atoms with Crippen LogP contribution in [-0.2, 0) is 18.3 Å². The molecule has 0 amide bonds. The number of aryl methyl sites for hydroxylation is 1. The molecule has 4 rings (SSSR count). The van der Waals surface area contributed by atoms with Gasteiger partial charge >= 0.3 is 5.97 Å². The number of benzene rings is 1. The van der Waals surface area contributed by atoms with Crippen LogP contribution in [-0.4, -0.2) is 39.1 Å². The van der Waals surface area contributed by atoms with E-state index in [1.54, 1.807) is 0 Å². The zero-order chi connectivity index (χ0) is 17.4. The monoisotopic (exact) mass is 340 g/mol. The van der Waals surface area contributed by atoms with Crippen molar-refractivity contribution in [3.8, 4) is 0 Å². The summed E-state index contributed by atoms with van der Waals surface area (Å²) in [5.74, 6) is 1.09. The van der Waals surface area contributed by atoms with Gasteiger partial charge < -0.3 is 13.7 Å². The second-order valence-corrected chi connectivity index (χ2v) is 6.26. The van der Waals surface area contributed by atoms with Crippen LogP contribution in [0, 0.1) is 0 Å². The third-order valence-corrected chi connectivity index (χ3v) is 4.77. The molecule has 0 N–H and O–H groups in total. The van der Waals surface area contributed by atoms with Crippen LogP contribution in [0.3, 0.4) is 0 Å². The fraction of sp³-hybridized carbons (Fsp3) is 0.389. The number of rotatable bonds is 4. The van der Waals surface area contributed by atoms with Crippen molar-refractivity contribution in [2.75, 3.05) is 13.7 Å². The molecule has 130 valence electrons. The van der Waals surface area contributed by atoms with E-state index >= 15 is 0 Å². The third-order valence-electron chi connectivity index (χ3n) is 4.77. The molecule has 25 heavy (non-hydrogen) atoms.